The first-order valence-electron chi connectivity index (χ1n) is 10.1. The summed E-state index contributed by atoms with van der Waals surface area (Å²) in [5, 5.41) is 24.4. The molecule has 1 fully saturated rings. The monoisotopic (exact) mass is 409 g/mol. The summed E-state index contributed by atoms with van der Waals surface area (Å²) >= 11 is 0. The molecule has 0 radical (unpaired) electrons. The number of hydrogen-bond acceptors (Lipinski definition) is 7. The van der Waals surface area contributed by atoms with Crippen LogP contribution in [0.1, 0.15) is 17.5 Å². The van der Waals surface area contributed by atoms with Crippen LogP contribution in [-0.2, 0) is 11.3 Å². The van der Waals surface area contributed by atoms with Crippen LogP contribution in [0.4, 0.5) is 5.95 Å². The summed E-state index contributed by atoms with van der Waals surface area (Å²) < 4.78 is 7.20. The molecule has 0 saturated carbocycles. The van der Waals surface area contributed by atoms with E-state index in [0.29, 0.717) is 24.8 Å². The quantitative estimate of drug-likeness (QED) is 0.646. The summed E-state index contributed by atoms with van der Waals surface area (Å²) in [6, 6.07) is 5.84. The summed E-state index contributed by atoms with van der Waals surface area (Å²) in [5.41, 5.74) is 4.91. The molecule has 2 aromatic heterocycles. The van der Waals surface area contributed by atoms with E-state index in [4.69, 9.17) is 9.72 Å². The Morgan fingerprint density at radius 2 is 2.13 bits per heavy atom. The summed E-state index contributed by atoms with van der Waals surface area (Å²) in [6.45, 7) is 5.64. The van der Waals surface area contributed by atoms with Crippen LogP contribution in [0.3, 0.4) is 0 Å². The number of anilines is 1. The van der Waals surface area contributed by atoms with Gasteiger partial charge in [0.25, 0.3) is 0 Å². The van der Waals surface area contributed by atoms with Crippen LogP contribution in [0.2, 0.25) is 0 Å². The normalized spacial score (nSPS) is 16.2. The summed E-state index contributed by atoms with van der Waals surface area (Å²) in [5.74, 6) is 0.865. The van der Waals surface area contributed by atoms with Gasteiger partial charge in [-0.25, -0.2) is 9.97 Å². The molecule has 0 bridgehead atoms. The van der Waals surface area contributed by atoms with E-state index in [1.165, 1.54) is 0 Å². The smallest absolute Gasteiger partial charge is 0.225 e. The molecule has 1 unspecified atom stereocenters. The molecule has 3 aromatic rings. The zero-order valence-corrected chi connectivity index (χ0v) is 17.5. The van der Waals surface area contributed by atoms with Gasteiger partial charge < -0.3 is 19.8 Å². The second-order valence-corrected chi connectivity index (χ2v) is 7.69. The second kappa shape index (κ2) is 8.41. The number of hydrogen-bond donors (Lipinski definition) is 2. The van der Waals surface area contributed by atoms with Gasteiger partial charge in [-0.15, -0.1) is 0 Å². The van der Waals surface area contributed by atoms with E-state index >= 15 is 0 Å². The molecule has 0 aliphatic carbocycles. The number of phenolic OH excluding ortho intramolecular Hbond substituents is 1. The fourth-order valence-electron chi connectivity index (χ4n) is 3.68. The lowest BCUT2D eigenvalue weighted by atomic mass is 10.00. The summed E-state index contributed by atoms with van der Waals surface area (Å²) in [4.78, 5) is 11.3. The number of aliphatic hydroxyl groups is 1. The standard InChI is InChI=1S/C22H27N5O3/c1-14-10-16(11-20(29)15(14)2)21-18(12-27(25-21)7-8-28)19-4-6-23-22(24-19)26(3)17-5-9-30-13-17/h4,6,10-12,17,28-29H,5,7-9,13H2,1-3H3. The van der Waals surface area contributed by atoms with E-state index in [1.54, 1.807) is 16.9 Å². The zero-order chi connectivity index (χ0) is 21.3. The van der Waals surface area contributed by atoms with Crippen LogP contribution < -0.4 is 4.90 Å². The molecule has 30 heavy (non-hydrogen) atoms. The Hall–Kier alpha value is -2.97. The first-order valence-corrected chi connectivity index (χ1v) is 10.1. The van der Waals surface area contributed by atoms with E-state index in [1.807, 2.05) is 39.2 Å². The number of benzene rings is 1. The molecular formula is C22H27N5O3. The number of aryl methyl sites for hydroxylation is 1. The van der Waals surface area contributed by atoms with Gasteiger partial charge in [0.2, 0.25) is 5.95 Å². The molecule has 1 aliphatic rings. The maximum absolute atomic E-state index is 10.3. The number of likely N-dealkylation sites (N-methyl/N-ethyl adjacent to an activating group) is 1. The topological polar surface area (TPSA) is 96.5 Å². The van der Waals surface area contributed by atoms with Crippen molar-refractivity contribution in [1.29, 1.82) is 0 Å². The zero-order valence-electron chi connectivity index (χ0n) is 17.5. The molecule has 2 N–H and O–H groups in total. The van der Waals surface area contributed by atoms with E-state index in [2.05, 4.69) is 15.0 Å². The van der Waals surface area contributed by atoms with E-state index < -0.39 is 0 Å². The summed E-state index contributed by atoms with van der Waals surface area (Å²) in [7, 11) is 1.98. The molecule has 8 nitrogen and oxygen atoms in total. The minimum Gasteiger partial charge on any atom is -0.508 e. The number of nitrogens with zero attached hydrogens (tertiary/aromatic N) is 5. The maximum Gasteiger partial charge on any atom is 0.225 e. The van der Waals surface area contributed by atoms with E-state index in [9.17, 15) is 10.2 Å². The van der Waals surface area contributed by atoms with Gasteiger partial charge in [-0.1, -0.05) is 0 Å². The van der Waals surface area contributed by atoms with Crippen LogP contribution in [0, 0.1) is 13.8 Å². The Morgan fingerprint density at radius 3 is 2.83 bits per heavy atom. The average molecular weight is 409 g/mol. The van der Waals surface area contributed by atoms with Gasteiger partial charge >= 0.3 is 0 Å². The summed E-state index contributed by atoms with van der Waals surface area (Å²) in [6.07, 6.45) is 4.57. The van der Waals surface area contributed by atoms with Crippen LogP contribution >= 0.6 is 0 Å². The van der Waals surface area contributed by atoms with Crippen molar-refractivity contribution in [1.82, 2.24) is 19.7 Å². The fourth-order valence-corrected chi connectivity index (χ4v) is 3.68. The van der Waals surface area contributed by atoms with Crippen molar-refractivity contribution in [3.05, 3.63) is 41.7 Å². The van der Waals surface area contributed by atoms with Crippen molar-refractivity contribution in [2.45, 2.75) is 32.9 Å². The van der Waals surface area contributed by atoms with Gasteiger partial charge in [0.05, 0.1) is 31.5 Å². The van der Waals surface area contributed by atoms with Gasteiger partial charge in [0.15, 0.2) is 0 Å². The van der Waals surface area contributed by atoms with Crippen LogP contribution in [0.15, 0.2) is 30.6 Å². The molecule has 158 valence electrons. The van der Waals surface area contributed by atoms with Crippen molar-refractivity contribution < 1.29 is 14.9 Å². The molecule has 1 aliphatic heterocycles. The molecule has 1 saturated heterocycles. The minimum absolute atomic E-state index is 0.0157. The van der Waals surface area contributed by atoms with Gasteiger partial charge in [-0.2, -0.15) is 5.10 Å². The molecule has 1 atom stereocenters. The lowest BCUT2D eigenvalue weighted by Gasteiger charge is -2.23. The molecule has 0 amide bonds. The molecule has 1 aromatic carbocycles. The highest BCUT2D eigenvalue weighted by Gasteiger charge is 2.23. The van der Waals surface area contributed by atoms with Crippen LogP contribution in [0.5, 0.6) is 5.75 Å². The van der Waals surface area contributed by atoms with Gasteiger partial charge in [0, 0.05) is 37.2 Å². The van der Waals surface area contributed by atoms with Crippen molar-refractivity contribution >= 4 is 5.95 Å². The van der Waals surface area contributed by atoms with Crippen molar-refractivity contribution in [3.63, 3.8) is 0 Å². The molecule has 4 rings (SSSR count). The Bertz CT molecular complexity index is 1020. The van der Waals surface area contributed by atoms with Gasteiger partial charge in [-0.05, 0) is 49.6 Å². The molecule has 8 heteroatoms. The number of aromatic hydroxyl groups is 1. The number of aliphatic hydroxyl groups excluding tert-OH is 1. The van der Waals surface area contributed by atoms with Crippen LogP contribution in [0.25, 0.3) is 22.5 Å². The maximum atomic E-state index is 10.3. The highest BCUT2D eigenvalue weighted by Crippen LogP contribution is 2.34. The molecular weight excluding hydrogens is 382 g/mol. The third kappa shape index (κ3) is 3.88. The van der Waals surface area contributed by atoms with Gasteiger partial charge in [-0.3, -0.25) is 4.68 Å². The Morgan fingerprint density at radius 1 is 1.30 bits per heavy atom. The van der Waals surface area contributed by atoms with Crippen LogP contribution in [-0.4, -0.2) is 62.9 Å². The number of aromatic nitrogens is 4. The van der Waals surface area contributed by atoms with E-state index in [0.717, 1.165) is 41.0 Å². The first kappa shape index (κ1) is 20.3. The predicted molar refractivity (Wildman–Crippen MR) is 115 cm³/mol. The largest absolute Gasteiger partial charge is 0.508 e. The van der Waals surface area contributed by atoms with Gasteiger partial charge in [0.1, 0.15) is 11.4 Å². The lowest BCUT2D eigenvalue weighted by molar-refractivity contribution is 0.193. The van der Waals surface area contributed by atoms with Crippen molar-refractivity contribution in [2.24, 2.45) is 0 Å². The first-order chi connectivity index (χ1) is 14.5. The Kier molecular flexibility index (Phi) is 5.69. The SMILES string of the molecule is Cc1cc(-c2nn(CCO)cc2-c2ccnc(N(C)C3CCOC3)n2)cc(O)c1C. The minimum atomic E-state index is -0.0157. The van der Waals surface area contributed by atoms with E-state index in [-0.39, 0.29) is 18.4 Å². The fraction of sp³-hybridized carbons (Fsp3) is 0.409. The highest BCUT2D eigenvalue weighted by atomic mass is 16.5. The predicted octanol–water partition coefficient (Wildman–Crippen LogP) is 2.55. The second-order valence-electron chi connectivity index (χ2n) is 7.69. The van der Waals surface area contributed by atoms with Crippen molar-refractivity contribution in [2.75, 3.05) is 31.8 Å². The average Bonchev–Trinajstić information content (AvgIpc) is 3.42. The molecule has 3 heterocycles. The third-order valence-corrected chi connectivity index (χ3v) is 5.69. The number of phenols is 1. The molecule has 0 spiro atoms. The lowest BCUT2D eigenvalue weighted by Crippen LogP contribution is -2.33. The van der Waals surface area contributed by atoms with Crippen molar-refractivity contribution in [3.8, 4) is 28.3 Å². The Labute approximate surface area is 175 Å². The number of ether oxygens (including phenoxy) is 1. The highest BCUT2D eigenvalue weighted by molar-refractivity contribution is 5.80. The number of rotatable bonds is 6. The Balaban J connectivity index is 1.78. The third-order valence-electron chi connectivity index (χ3n) is 5.69.